The van der Waals surface area contributed by atoms with E-state index in [1.807, 2.05) is 6.07 Å². The van der Waals surface area contributed by atoms with Crippen LogP contribution in [0.3, 0.4) is 0 Å². The number of hydrogen-bond donors (Lipinski definition) is 5. The first-order valence-electron chi connectivity index (χ1n) is 11.2. The van der Waals surface area contributed by atoms with Crippen molar-refractivity contribution in [2.45, 2.75) is 39.0 Å². The number of allylic oxidation sites excluding steroid dienone is 2. The molecule has 3 rings (SSSR count). The van der Waals surface area contributed by atoms with Crippen LogP contribution in [0.2, 0.25) is 0 Å². The highest BCUT2D eigenvalue weighted by Crippen LogP contribution is 2.31. The van der Waals surface area contributed by atoms with Crippen LogP contribution in [0.25, 0.3) is 0 Å². The first kappa shape index (κ1) is 26.1. The van der Waals surface area contributed by atoms with Gasteiger partial charge in [-0.05, 0) is 75.7 Å². The number of hydrogen-bond acceptors (Lipinski definition) is 9. The second-order valence-electron chi connectivity index (χ2n) is 9.26. The van der Waals surface area contributed by atoms with Crippen molar-refractivity contribution in [2.24, 2.45) is 17.4 Å². The second-order valence-corrected chi connectivity index (χ2v) is 9.26. The van der Waals surface area contributed by atoms with Crippen LogP contribution < -0.4 is 26.8 Å². The van der Waals surface area contributed by atoms with E-state index >= 15 is 0 Å². The molecule has 0 spiro atoms. The summed E-state index contributed by atoms with van der Waals surface area (Å²) in [5.41, 5.74) is 13.2. The van der Waals surface area contributed by atoms with Gasteiger partial charge < -0.3 is 31.4 Å². The Labute approximate surface area is 209 Å². The number of nitriles is 1. The summed E-state index contributed by atoms with van der Waals surface area (Å²) in [6, 6.07) is 12.5. The summed E-state index contributed by atoms with van der Waals surface area (Å²) in [5.74, 6) is -0.993. The molecular formula is C26H29N5O5. The molecule has 1 amide bonds. The molecule has 36 heavy (non-hydrogen) atoms. The maximum atomic E-state index is 12.7. The molecule has 2 aromatic carbocycles. The number of anilines is 2. The van der Waals surface area contributed by atoms with E-state index in [1.165, 1.54) is 36.4 Å². The van der Waals surface area contributed by atoms with Crippen molar-refractivity contribution < 1.29 is 24.2 Å². The summed E-state index contributed by atoms with van der Waals surface area (Å²) in [4.78, 5) is 25.1. The number of nitrogens with one attached hydrogen (secondary N) is 2. The number of carbonyl (C=O) groups is 2. The molecule has 1 aliphatic rings. The fourth-order valence-electron chi connectivity index (χ4n) is 3.44. The highest BCUT2D eigenvalue weighted by molar-refractivity contribution is 5.94. The lowest BCUT2D eigenvalue weighted by Crippen LogP contribution is -2.31. The van der Waals surface area contributed by atoms with E-state index in [0.717, 1.165) is 0 Å². The van der Waals surface area contributed by atoms with Gasteiger partial charge in [0.1, 0.15) is 11.8 Å². The number of benzene rings is 2. The molecule has 0 radical (unpaired) electrons. The summed E-state index contributed by atoms with van der Waals surface area (Å²) in [7, 11) is 0. The van der Waals surface area contributed by atoms with Crippen molar-refractivity contribution in [3.05, 3.63) is 77.1 Å². The van der Waals surface area contributed by atoms with Crippen molar-refractivity contribution in [1.29, 1.82) is 5.26 Å². The molecule has 0 aromatic heterocycles. The summed E-state index contributed by atoms with van der Waals surface area (Å²) in [6.07, 6.45) is 1.98. The van der Waals surface area contributed by atoms with Gasteiger partial charge in [-0.15, -0.1) is 0 Å². The average molecular weight is 492 g/mol. The minimum Gasteiger partial charge on any atom is -0.444 e. The molecule has 2 aromatic rings. The lowest BCUT2D eigenvalue weighted by atomic mass is 9.95. The maximum Gasteiger partial charge on any atom is 0.412 e. The fourth-order valence-corrected chi connectivity index (χ4v) is 3.44. The van der Waals surface area contributed by atoms with Crippen LogP contribution in [0, 0.1) is 17.2 Å². The second kappa shape index (κ2) is 10.8. The largest absolute Gasteiger partial charge is 0.444 e. The summed E-state index contributed by atoms with van der Waals surface area (Å²) >= 11 is 0. The SMILES string of the molecule is CC(C)(C)OC(=O)Nc1cc(NC(O)C2C=C(N)C=C(N)C2)ccc1OC(=O)c1ccc(C#N)cc1. The van der Waals surface area contributed by atoms with E-state index in [4.69, 9.17) is 26.2 Å². The number of nitrogens with zero attached hydrogens (tertiary/aromatic N) is 1. The summed E-state index contributed by atoms with van der Waals surface area (Å²) in [6.45, 7) is 5.16. The smallest absolute Gasteiger partial charge is 0.412 e. The van der Waals surface area contributed by atoms with Crippen LogP contribution in [0.15, 0.2) is 66.0 Å². The van der Waals surface area contributed by atoms with E-state index in [1.54, 1.807) is 39.0 Å². The van der Waals surface area contributed by atoms with Crippen LogP contribution in [-0.4, -0.2) is 29.0 Å². The van der Waals surface area contributed by atoms with Crippen molar-refractivity contribution in [2.75, 3.05) is 10.6 Å². The highest BCUT2D eigenvalue weighted by Gasteiger charge is 2.23. The molecule has 0 bridgehead atoms. The van der Waals surface area contributed by atoms with Gasteiger partial charge in [0.15, 0.2) is 5.75 Å². The van der Waals surface area contributed by atoms with Crippen molar-refractivity contribution >= 4 is 23.4 Å². The van der Waals surface area contributed by atoms with Gasteiger partial charge in [-0.1, -0.05) is 6.08 Å². The van der Waals surface area contributed by atoms with Crippen LogP contribution in [0.1, 0.15) is 43.1 Å². The average Bonchev–Trinajstić information content (AvgIpc) is 2.78. The molecule has 1 aliphatic carbocycles. The number of aliphatic hydroxyl groups is 1. The number of amides is 1. The Morgan fingerprint density at radius 2 is 1.86 bits per heavy atom. The number of aliphatic hydroxyl groups excluding tert-OH is 1. The quantitative estimate of drug-likeness (QED) is 0.230. The zero-order valence-electron chi connectivity index (χ0n) is 20.2. The van der Waals surface area contributed by atoms with E-state index < -0.39 is 23.9 Å². The van der Waals surface area contributed by atoms with Gasteiger partial charge in [0.2, 0.25) is 0 Å². The molecule has 0 saturated carbocycles. The fraction of sp³-hybridized carbons (Fsp3) is 0.269. The predicted octanol–water partition coefficient (Wildman–Crippen LogP) is 3.56. The van der Waals surface area contributed by atoms with E-state index in [2.05, 4.69) is 10.6 Å². The van der Waals surface area contributed by atoms with Gasteiger partial charge in [0.25, 0.3) is 0 Å². The molecule has 0 saturated heterocycles. The Kier molecular flexibility index (Phi) is 7.86. The molecule has 0 aliphatic heterocycles. The third-order valence-corrected chi connectivity index (χ3v) is 5.02. The number of esters is 1. The standard InChI is InChI=1S/C26H29N5O5/c1-26(2,3)36-25(34)31-21-13-20(30-23(32)17-10-18(28)12-19(29)11-17)8-9-22(21)35-24(33)16-6-4-15(14-27)5-7-16/h4-10,12-13,17,23,30,32H,11,28-29H2,1-3H3,(H,31,34). The first-order valence-corrected chi connectivity index (χ1v) is 11.2. The van der Waals surface area contributed by atoms with Crippen molar-refractivity contribution in [3.63, 3.8) is 0 Å². The van der Waals surface area contributed by atoms with Crippen molar-refractivity contribution in [1.82, 2.24) is 0 Å². The first-order chi connectivity index (χ1) is 16.9. The lowest BCUT2D eigenvalue weighted by molar-refractivity contribution is 0.0630. The molecule has 7 N–H and O–H groups in total. The van der Waals surface area contributed by atoms with Crippen LogP contribution in [0.4, 0.5) is 16.2 Å². The molecule has 2 unspecified atom stereocenters. The Morgan fingerprint density at radius 3 is 2.47 bits per heavy atom. The Morgan fingerprint density at radius 1 is 1.17 bits per heavy atom. The topological polar surface area (TPSA) is 173 Å². The molecule has 10 heteroatoms. The van der Waals surface area contributed by atoms with E-state index in [-0.39, 0.29) is 22.9 Å². The predicted molar refractivity (Wildman–Crippen MR) is 135 cm³/mol. The van der Waals surface area contributed by atoms with E-state index in [0.29, 0.717) is 29.1 Å². The van der Waals surface area contributed by atoms with Crippen LogP contribution in [-0.2, 0) is 4.74 Å². The Hall–Kier alpha value is -4.49. The summed E-state index contributed by atoms with van der Waals surface area (Å²) < 4.78 is 10.8. The highest BCUT2D eigenvalue weighted by atomic mass is 16.6. The monoisotopic (exact) mass is 491 g/mol. The zero-order valence-corrected chi connectivity index (χ0v) is 20.2. The van der Waals surface area contributed by atoms with Gasteiger partial charge in [-0.25, -0.2) is 9.59 Å². The Bertz CT molecular complexity index is 1240. The summed E-state index contributed by atoms with van der Waals surface area (Å²) in [5, 5.41) is 25.2. The minimum atomic E-state index is -1.03. The molecule has 0 fully saturated rings. The molecular weight excluding hydrogens is 462 g/mol. The van der Waals surface area contributed by atoms with Crippen LogP contribution in [0.5, 0.6) is 5.75 Å². The number of ether oxygens (including phenoxy) is 2. The zero-order chi connectivity index (χ0) is 26.5. The number of carbonyl (C=O) groups excluding carboxylic acids is 2. The lowest BCUT2D eigenvalue weighted by Gasteiger charge is -2.25. The van der Waals surface area contributed by atoms with Crippen LogP contribution >= 0.6 is 0 Å². The molecule has 10 nitrogen and oxygen atoms in total. The molecule has 188 valence electrons. The maximum absolute atomic E-state index is 12.7. The third-order valence-electron chi connectivity index (χ3n) is 5.02. The van der Waals surface area contributed by atoms with E-state index in [9.17, 15) is 14.7 Å². The Balaban J connectivity index is 1.83. The third kappa shape index (κ3) is 7.25. The van der Waals surface area contributed by atoms with Crippen molar-refractivity contribution in [3.8, 4) is 11.8 Å². The normalized spacial score (nSPS) is 16.0. The van der Waals surface area contributed by atoms with Gasteiger partial charge in [0, 0.05) is 23.0 Å². The van der Waals surface area contributed by atoms with Gasteiger partial charge in [-0.3, -0.25) is 5.32 Å². The van der Waals surface area contributed by atoms with Gasteiger partial charge in [0.05, 0.1) is 22.9 Å². The number of nitrogens with two attached hydrogens (primary N) is 2. The molecule has 2 atom stereocenters. The minimum absolute atomic E-state index is 0.0595. The molecule has 0 heterocycles. The van der Waals surface area contributed by atoms with Gasteiger partial charge in [-0.2, -0.15) is 5.26 Å². The van der Waals surface area contributed by atoms with Gasteiger partial charge >= 0.3 is 12.1 Å². The number of rotatable bonds is 6.